The van der Waals surface area contributed by atoms with Crippen molar-refractivity contribution in [1.29, 1.82) is 0 Å². The van der Waals surface area contributed by atoms with Crippen molar-refractivity contribution in [3.63, 3.8) is 0 Å². The molecule has 1 amide bonds. The Labute approximate surface area is 207 Å². The molecule has 0 unspecified atom stereocenters. The Balaban J connectivity index is 1.87. The second kappa shape index (κ2) is 10.8. The number of carbonyl (C=O) groups excluding carboxylic acids is 1. The number of benzene rings is 2. The van der Waals surface area contributed by atoms with Crippen LogP contribution in [0.3, 0.4) is 0 Å². The quantitative estimate of drug-likeness (QED) is 0.499. The van der Waals surface area contributed by atoms with Crippen LogP contribution in [0.15, 0.2) is 52.1 Å². The number of hydrogen-bond donors (Lipinski definition) is 0. The summed E-state index contributed by atoms with van der Waals surface area (Å²) in [5, 5.41) is 4.22. The molecule has 36 heavy (non-hydrogen) atoms. The van der Waals surface area contributed by atoms with E-state index in [1.807, 2.05) is 0 Å². The van der Waals surface area contributed by atoms with E-state index in [0.717, 1.165) is 41.4 Å². The lowest BCUT2D eigenvalue weighted by Crippen LogP contribution is -2.48. The first-order valence-electron chi connectivity index (χ1n) is 11.8. The van der Waals surface area contributed by atoms with Crippen LogP contribution in [0.2, 0.25) is 0 Å². The smallest absolute Gasteiger partial charge is 0.352 e. The Morgan fingerprint density at radius 2 is 1.78 bits per heavy atom. The Morgan fingerprint density at radius 3 is 2.44 bits per heavy atom. The molecule has 0 N–H and O–H groups in total. The highest BCUT2D eigenvalue weighted by molar-refractivity contribution is 5.91. The van der Waals surface area contributed by atoms with Gasteiger partial charge in [-0.3, -0.25) is 14.2 Å². The van der Waals surface area contributed by atoms with E-state index in [9.17, 15) is 18.8 Å². The number of nitrogens with zero attached hydrogens (tertiary/aromatic N) is 4. The van der Waals surface area contributed by atoms with E-state index in [4.69, 9.17) is 9.47 Å². The molecule has 1 saturated carbocycles. The van der Waals surface area contributed by atoms with E-state index in [-0.39, 0.29) is 24.0 Å². The van der Waals surface area contributed by atoms with Crippen LogP contribution in [0.25, 0.3) is 5.69 Å². The monoisotopic (exact) mass is 496 g/mol. The Hall–Kier alpha value is -3.95. The number of aromatic nitrogens is 3. The molecule has 1 fully saturated rings. The third kappa shape index (κ3) is 5.02. The molecule has 0 aliphatic heterocycles. The van der Waals surface area contributed by atoms with Crippen LogP contribution in [-0.4, -0.2) is 52.5 Å². The lowest BCUT2D eigenvalue weighted by Gasteiger charge is -2.30. The molecule has 0 saturated heterocycles. The molecule has 10 heteroatoms. The number of carbonyl (C=O) groups is 1. The van der Waals surface area contributed by atoms with Gasteiger partial charge in [0.25, 0.3) is 11.5 Å². The van der Waals surface area contributed by atoms with Gasteiger partial charge in [0.1, 0.15) is 5.82 Å². The van der Waals surface area contributed by atoms with Gasteiger partial charge in [-0.25, -0.2) is 9.18 Å². The molecule has 0 bridgehead atoms. The molecule has 3 aromatic rings. The van der Waals surface area contributed by atoms with E-state index in [2.05, 4.69) is 5.10 Å². The lowest BCUT2D eigenvalue weighted by atomic mass is 9.94. The summed E-state index contributed by atoms with van der Waals surface area (Å²) in [4.78, 5) is 41.9. The molecular weight excluding hydrogens is 467 g/mol. The standard InChI is InChI=1S/C26H29FN4O5/c1-29(19-10-5-4-6-11-19)24(32)23-25(33)30(16-17-8-7-9-18(27)14-17)26(34)31(28-23)20-12-13-21(35-2)22(15-20)36-3/h7-9,12-15,19H,4-6,10-11,16H2,1-3H3. The zero-order valence-electron chi connectivity index (χ0n) is 20.6. The molecule has 1 aliphatic rings. The lowest BCUT2D eigenvalue weighted by molar-refractivity contribution is 0.0684. The molecule has 0 atom stereocenters. The van der Waals surface area contributed by atoms with Gasteiger partial charge < -0.3 is 14.4 Å². The van der Waals surface area contributed by atoms with Crippen molar-refractivity contribution in [2.75, 3.05) is 21.3 Å². The molecule has 190 valence electrons. The average Bonchev–Trinajstić information content (AvgIpc) is 2.90. The van der Waals surface area contributed by atoms with Crippen LogP contribution < -0.4 is 20.7 Å². The van der Waals surface area contributed by atoms with Gasteiger partial charge in [-0.15, -0.1) is 0 Å². The van der Waals surface area contributed by atoms with Crippen LogP contribution in [0.5, 0.6) is 11.5 Å². The minimum Gasteiger partial charge on any atom is -0.493 e. The average molecular weight is 497 g/mol. The third-order valence-electron chi connectivity index (χ3n) is 6.55. The first-order valence-corrected chi connectivity index (χ1v) is 11.8. The summed E-state index contributed by atoms with van der Waals surface area (Å²) in [6.45, 7) is -0.224. The van der Waals surface area contributed by atoms with E-state index in [1.54, 1.807) is 30.1 Å². The molecule has 1 heterocycles. The normalized spacial score (nSPS) is 13.9. The molecule has 2 aromatic carbocycles. The number of hydrogen-bond acceptors (Lipinski definition) is 6. The summed E-state index contributed by atoms with van der Waals surface area (Å²) >= 11 is 0. The molecule has 0 radical (unpaired) electrons. The number of rotatable bonds is 7. The van der Waals surface area contributed by atoms with Crippen LogP contribution in [-0.2, 0) is 6.54 Å². The van der Waals surface area contributed by atoms with Gasteiger partial charge in [0, 0.05) is 19.2 Å². The second-order valence-corrected chi connectivity index (χ2v) is 8.81. The molecule has 4 rings (SSSR count). The SMILES string of the molecule is COc1ccc(-n2nc(C(=O)N(C)C3CCCCC3)c(=O)n(Cc3cccc(F)c3)c2=O)cc1OC. The minimum absolute atomic E-state index is 0.00872. The molecule has 0 spiro atoms. The first kappa shape index (κ1) is 25.2. The topological polar surface area (TPSA) is 95.7 Å². The van der Waals surface area contributed by atoms with Crippen LogP contribution in [0.1, 0.15) is 48.2 Å². The predicted octanol–water partition coefficient (Wildman–Crippen LogP) is 3.00. The van der Waals surface area contributed by atoms with Crippen LogP contribution in [0.4, 0.5) is 4.39 Å². The van der Waals surface area contributed by atoms with E-state index in [0.29, 0.717) is 17.1 Å². The summed E-state index contributed by atoms with van der Waals surface area (Å²) in [6, 6.07) is 10.3. The zero-order valence-corrected chi connectivity index (χ0v) is 20.6. The van der Waals surface area contributed by atoms with E-state index in [1.165, 1.54) is 38.5 Å². The summed E-state index contributed by atoms with van der Waals surface area (Å²) in [5.74, 6) is -0.272. The van der Waals surface area contributed by atoms with Crippen molar-refractivity contribution >= 4 is 5.91 Å². The fourth-order valence-electron chi connectivity index (χ4n) is 4.53. The molecule has 1 aliphatic carbocycles. The number of halogens is 1. The van der Waals surface area contributed by atoms with Crippen molar-refractivity contribution in [3.05, 3.63) is 80.4 Å². The summed E-state index contributed by atoms with van der Waals surface area (Å²) in [6.07, 6.45) is 4.81. The van der Waals surface area contributed by atoms with Crippen molar-refractivity contribution in [3.8, 4) is 17.2 Å². The highest BCUT2D eigenvalue weighted by Crippen LogP contribution is 2.28. The summed E-state index contributed by atoms with van der Waals surface area (Å²) in [5.41, 5.74) is -1.30. The van der Waals surface area contributed by atoms with E-state index < -0.39 is 23.0 Å². The highest BCUT2D eigenvalue weighted by atomic mass is 19.1. The fourth-order valence-corrected chi connectivity index (χ4v) is 4.53. The minimum atomic E-state index is -0.825. The van der Waals surface area contributed by atoms with Crippen molar-refractivity contribution in [1.82, 2.24) is 19.2 Å². The van der Waals surface area contributed by atoms with Gasteiger partial charge in [0.05, 0.1) is 26.5 Å². The van der Waals surface area contributed by atoms with Crippen molar-refractivity contribution in [2.45, 2.75) is 44.7 Å². The van der Waals surface area contributed by atoms with Gasteiger partial charge in [0.2, 0.25) is 5.69 Å². The Kier molecular flexibility index (Phi) is 7.52. The Morgan fingerprint density at radius 1 is 1.06 bits per heavy atom. The third-order valence-corrected chi connectivity index (χ3v) is 6.55. The second-order valence-electron chi connectivity index (χ2n) is 8.81. The molecule has 9 nitrogen and oxygen atoms in total. The number of ether oxygens (including phenoxy) is 2. The van der Waals surface area contributed by atoms with Crippen LogP contribution >= 0.6 is 0 Å². The van der Waals surface area contributed by atoms with Crippen molar-refractivity contribution in [2.24, 2.45) is 0 Å². The largest absolute Gasteiger partial charge is 0.493 e. The maximum absolute atomic E-state index is 13.8. The van der Waals surface area contributed by atoms with Gasteiger partial charge in [-0.1, -0.05) is 31.4 Å². The number of methoxy groups -OCH3 is 2. The predicted molar refractivity (Wildman–Crippen MR) is 132 cm³/mol. The van der Waals surface area contributed by atoms with Crippen LogP contribution in [0, 0.1) is 5.82 Å². The Bertz CT molecular complexity index is 1380. The van der Waals surface area contributed by atoms with Crippen molar-refractivity contribution < 1.29 is 18.7 Å². The maximum Gasteiger partial charge on any atom is 0.352 e. The van der Waals surface area contributed by atoms with Gasteiger partial charge in [0.15, 0.2) is 11.5 Å². The molecule has 1 aromatic heterocycles. The summed E-state index contributed by atoms with van der Waals surface area (Å²) < 4.78 is 26.3. The fraction of sp³-hybridized carbons (Fsp3) is 0.385. The van der Waals surface area contributed by atoms with Gasteiger partial charge in [-0.05, 0) is 42.7 Å². The highest BCUT2D eigenvalue weighted by Gasteiger charge is 2.28. The van der Waals surface area contributed by atoms with Gasteiger partial charge in [-0.2, -0.15) is 9.78 Å². The van der Waals surface area contributed by atoms with E-state index >= 15 is 0 Å². The number of amides is 1. The zero-order chi connectivity index (χ0) is 25.8. The van der Waals surface area contributed by atoms with Gasteiger partial charge >= 0.3 is 5.69 Å². The first-order chi connectivity index (χ1) is 17.3. The maximum atomic E-state index is 13.8. The molecular formula is C26H29FN4O5. The summed E-state index contributed by atoms with van der Waals surface area (Å²) in [7, 11) is 4.60.